The summed E-state index contributed by atoms with van der Waals surface area (Å²) in [6.45, 7) is 2.79. The summed E-state index contributed by atoms with van der Waals surface area (Å²) in [7, 11) is 5.39. The van der Waals surface area contributed by atoms with Gasteiger partial charge in [0.05, 0.1) is 6.54 Å². The molecule has 1 aromatic carbocycles. The molecule has 1 unspecified atom stereocenters. The first-order chi connectivity index (χ1) is 14.1. The summed E-state index contributed by atoms with van der Waals surface area (Å²) in [4.78, 5) is 10.9. The minimum absolute atomic E-state index is 0.213. The number of benzene rings is 1. The standard InChI is InChI=1S/C20H30FN7O/c1-22-20(23-10-5-11-27(2)17-7-4-6-15(21)12-17)24-16-8-9-19-25-18(14-29-3)26-28(19)13-16/h4,6-7,12,16H,5,8-11,13-14H2,1-3H3,(H2,22,23,24). The van der Waals surface area contributed by atoms with E-state index < -0.39 is 0 Å². The van der Waals surface area contributed by atoms with Crippen LogP contribution >= 0.6 is 0 Å². The number of aryl methyl sites for hydroxylation is 1. The largest absolute Gasteiger partial charge is 0.377 e. The van der Waals surface area contributed by atoms with Gasteiger partial charge in [0.25, 0.3) is 0 Å². The van der Waals surface area contributed by atoms with Gasteiger partial charge < -0.3 is 20.3 Å². The molecule has 2 N–H and O–H groups in total. The molecule has 1 atom stereocenters. The normalized spacial score (nSPS) is 16.4. The second-order valence-electron chi connectivity index (χ2n) is 7.19. The Bertz CT molecular complexity index is 823. The second-order valence-corrected chi connectivity index (χ2v) is 7.19. The lowest BCUT2D eigenvalue weighted by Crippen LogP contribution is -2.47. The number of fused-ring (bicyclic) bond motifs is 1. The predicted molar refractivity (Wildman–Crippen MR) is 112 cm³/mol. The quantitative estimate of drug-likeness (QED) is 0.396. The fraction of sp³-hybridized carbons (Fsp3) is 0.550. The fourth-order valence-corrected chi connectivity index (χ4v) is 3.42. The third kappa shape index (κ3) is 5.90. The molecule has 0 radical (unpaired) electrons. The van der Waals surface area contributed by atoms with Crippen molar-refractivity contribution in [2.75, 3.05) is 39.2 Å². The molecule has 8 nitrogen and oxygen atoms in total. The van der Waals surface area contributed by atoms with Crippen molar-refractivity contribution in [3.8, 4) is 0 Å². The lowest BCUT2D eigenvalue weighted by Gasteiger charge is -2.25. The highest BCUT2D eigenvalue weighted by atomic mass is 19.1. The van der Waals surface area contributed by atoms with Crippen LogP contribution < -0.4 is 15.5 Å². The number of rotatable bonds is 8. The number of guanidine groups is 1. The summed E-state index contributed by atoms with van der Waals surface area (Å²) < 4.78 is 20.4. The number of hydrogen-bond acceptors (Lipinski definition) is 5. The third-order valence-electron chi connectivity index (χ3n) is 4.95. The second kappa shape index (κ2) is 10.2. The molecule has 29 heavy (non-hydrogen) atoms. The number of anilines is 1. The van der Waals surface area contributed by atoms with E-state index in [0.717, 1.165) is 62.2 Å². The van der Waals surface area contributed by atoms with Gasteiger partial charge in [0, 0.05) is 52.4 Å². The van der Waals surface area contributed by atoms with E-state index in [-0.39, 0.29) is 11.9 Å². The number of halogens is 1. The Morgan fingerprint density at radius 1 is 1.45 bits per heavy atom. The van der Waals surface area contributed by atoms with E-state index in [9.17, 15) is 4.39 Å². The topological polar surface area (TPSA) is 79.6 Å². The third-order valence-corrected chi connectivity index (χ3v) is 4.95. The molecular weight excluding hydrogens is 373 g/mol. The van der Waals surface area contributed by atoms with E-state index in [0.29, 0.717) is 6.61 Å². The lowest BCUT2D eigenvalue weighted by molar-refractivity contribution is 0.177. The van der Waals surface area contributed by atoms with Crippen molar-refractivity contribution < 1.29 is 9.13 Å². The van der Waals surface area contributed by atoms with Gasteiger partial charge >= 0.3 is 0 Å². The summed E-state index contributed by atoms with van der Waals surface area (Å²) in [5.74, 6) is 2.31. The van der Waals surface area contributed by atoms with Crippen LogP contribution in [-0.4, -0.2) is 61.1 Å². The van der Waals surface area contributed by atoms with Crippen molar-refractivity contribution >= 4 is 11.6 Å². The van der Waals surface area contributed by atoms with Crippen LogP contribution in [0, 0.1) is 5.82 Å². The number of hydrogen-bond donors (Lipinski definition) is 2. The number of ether oxygens (including phenoxy) is 1. The zero-order chi connectivity index (χ0) is 20.6. The van der Waals surface area contributed by atoms with E-state index in [1.165, 1.54) is 6.07 Å². The van der Waals surface area contributed by atoms with E-state index in [2.05, 4.69) is 25.7 Å². The van der Waals surface area contributed by atoms with Crippen LogP contribution in [0.5, 0.6) is 0 Å². The molecule has 1 aromatic heterocycles. The van der Waals surface area contributed by atoms with Crippen molar-refractivity contribution in [2.24, 2.45) is 4.99 Å². The minimum Gasteiger partial charge on any atom is -0.377 e. The molecule has 2 aromatic rings. The maximum Gasteiger partial charge on any atom is 0.191 e. The van der Waals surface area contributed by atoms with Crippen LogP contribution in [0.2, 0.25) is 0 Å². The molecule has 9 heteroatoms. The van der Waals surface area contributed by atoms with Crippen LogP contribution in [-0.2, 0) is 24.3 Å². The Morgan fingerprint density at radius 3 is 3.07 bits per heavy atom. The summed E-state index contributed by atoms with van der Waals surface area (Å²) in [5.41, 5.74) is 0.881. The van der Waals surface area contributed by atoms with Gasteiger partial charge in [0.2, 0.25) is 0 Å². The number of methoxy groups -OCH3 is 1. The van der Waals surface area contributed by atoms with Gasteiger partial charge in [-0.05, 0) is 31.0 Å². The summed E-state index contributed by atoms with van der Waals surface area (Å²) in [5, 5.41) is 11.3. The molecule has 2 heterocycles. The first-order valence-corrected chi connectivity index (χ1v) is 9.94. The monoisotopic (exact) mass is 403 g/mol. The number of nitrogens with zero attached hydrogens (tertiary/aromatic N) is 5. The number of aromatic nitrogens is 3. The first-order valence-electron chi connectivity index (χ1n) is 9.94. The lowest BCUT2D eigenvalue weighted by atomic mass is 10.1. The molecule has 158 valence electrons. The Hall–Kier alpha value is -2.68. The van der Waals surface area contributed by atoms with Crippen molar-refractivity contribution in [3.63, 3.8) is 0 Å². The SMILES string of the molecule is CN=C(NCCCN(C)c1cccc(F)c1)NC1CCc2nc(COC)nn2C1. The van der Waals surface area contributed by atoms with Crippen LogP contribution in [0.4, 0.5) is 10.1 Å². The predicted octanol–water partition coefficient (Wildman–Crippen LogP) is 1.57. The summed E-state index contributed by atoms with van der Waals surface area (Å²) in [6, 6.07) is 6.90. The molecular formula is C20H30FN7O. The average molecular weight is 404 g/mol. The van der Waals surface area contributed by atoms with Gasteiger partial charge in [-0.25, -0.2) is 14.1 Å². The maximum atomic E-state index is 13.3. The highest BCUT2D eigenvalue weighted by molar-refractivity contribution is 5.79. The molecule has 0 saturated carbocycles. The zero-order valence-electron chi connectivity index (χ0n) is 17.4. The highest BCUT2D eigenvalue weighted by Gasteiger charge is 2.22. The molecule has 1 aliphatic rings. The highest BCUT2D eigenvalue weighted by Crippen LogP contribution is 2.14. The van der Waals surface area contributed by atoms with Gasteiger partial charge in [-0.3, -0.25) is 4.99 Å². The fourth-order valence-electron chi connectivity index (χ4n) is 3.42. The van der Waals surface area contributed by atoms with Crippen LogP contribution in [0.1, 0.15) is 24.5 Å². The minimum atomic E-state index is -0.213. The van der Waals surface area contributed by atoms with Gasteiger partial charge in [0.1, 0.15) is 18.2 Å². The first kappa shape index (κ1) is 21.0. The van der Waals surface area contributed by atoms with E-state index >= 15 is 0 Å². The van der Waals surface area contributed by atoms with E-state index in [4.69, 9.17) is 4.74 Å². The average Bonchev–Trinajstić information content (AvgIpc) is 3.12. The van der Waals surface area contributed by atoms with Gasteiger partial charge in [-0.2, -0.15) is 5.10 Å². The molecule has 0 bridgehead atoms. The summed E-state index contributed by atoms with van der Waals surface area (Å²) >= 11 is 0. The zero-order valence-corrected chi connectivity index (χ0v) is 17.4. The van der Waals surface area contributed by atoms with E-state index in [1.807, 2.05) is 22.7 Å². The molecule has 0 aliphatic carbocycles. The Morgan fingerprint density at radius 2 is 2.31 bits per heavy atom. The van der Waals surface area contributed by atoms with Gasteiger partial charge in [0.15, 0.2) is 11.8 Å². The van der Waals surface area contributed by atoms with Crippen molar-refractivity contribution in [3.05, 3.63) is 41.7 Å². The Balaban J connectivity index is 1.41. The van der Waals surface area contributed by atoms with Crippen LogP contribution in [0.25, 0.3) is 0 Å². The molecule has 0 saturated heterocycles. The van der Waals surface area contributed by atoms with E-state index in [1.54, 1.807) is 26.3 Å². The summed E-state index contributed by atoms with van der Waals surface area (Å²) in [6.07, 6.45) is 2.77. The van der Waals surface area contributed by atoms with Crippen LogP contribution in [0.3, 0.4) is 0 Å². The van der Waals surface area contributed by atoms with Gasteiger partial charge in [-0.15, -0.1) is 0 Å². The van der Waals surface area contributed by atoms with Crippen molar-refractivity contribution in [2.45, 2.75) is 38.5 Å². The molecule has 0 amide bonds. The Kier molecular flexibility index (Phi) is 7.40. The molecule has 0 spiro atoms. The molecule has 3 rings (SSSR count). The van der Waals surface area contributed by atoms with Crippen molar-refractivity contribution in [1.82, 2.24) is 25.4 Å². The van der Waals surface area contributed by atoms with Crippen molar-refractivity contribution in [1.29, 1.82) is 0 Å². The Labute approximate surface area is 171 Å². The van der Waals surface area contributed by atoms with Crippen LogP contribution in [0.15, 0.2) is 29.3 Å². The molecule has 0 fully saturated rings. The number of nitrogens with one attached hydrogen (secondary N) is 2. The number of aliphatic imine (C=N–C) groups is 1. The maximum absolute atomic E-state index is 13.3. The van der Waals surface area contributed by atoms with Gasteiger partial charge in [-0.1, -0.05) is 6.07 Å². The smallest absolute Gasteiger partial charge is 0.191 e. The molecule has 1 aliphatic heterocycles.